The van der Waals surface area contributed by atoms with Gasteiger partial charge in [-0.3, -0.25) is 4.79 Å². The Morgan fingerprint density at radius 2 is 2.35 bits per heavy atom. The minimum absolute atomic E-state index is 0.239. The molecule has 17 heavy (non-hydrogen) atoms. The zero-order chi connectivity index (χ0) is 12.5. The molecule has 0 spiro atoms. The van der Waals surface area contributed by atoms with Crippen LogP contribution < -0.4 is 4.74 Å². The molecule has 1 atom stereocenters. The molecule has 0 saturated heterocycles. The van der Waals surface area contributed by atoms with Crippen LogP contribution in [0.5, 0.6) is 5.75 Å². The number of hydrogen-bond donors (Lipinski definition) is 0. The first-order valence-corrected chi connectivity index (χ1v) is 5.55. The van der Waals surface area contributed by atoms with Gasteiger partial charge in [0.25, 0.3) is 0 Å². The summed E-state index contributed by atoms with van der Waals surface area (Å²) < 4.78 is 23.4. The molecule has 0 aromatic heterocycles. The number of esters is 1. The van der Waals surface area contributed by atoms with E-state index in [4.69, 9.17) is 4.74 Å². The Kier molecular flexibility index (Phi) is 3.05. The second-order valence-corrected chi connectivity index (χ2v) is 4.55. The third-order valence-electron chi connectivity index (χ3n) is 3.27. The van der Waals surface area contributed by atoms with Crippen LogP contribution in [0.2, 0.25) is 0 Å². The summed E-state index contributed by atoms with van der Waals surface area (Å²) in [6.45, 7) is 2.47. The normalized spacial score (nSPS) is 22.5. The van der Waals surface area contributed by atoms with E-state index in [0.29, 0.717) is 18.8 Å². The van der Waals surface area contributed by atoms with Gasteiger partial charge >= 0.3 is 5.97 Å². The van der Waals surface area contributed by atoms with Gasteiger partial charge in [-0.25, -0.2) is 4.39 Å². The monoisotopic (exact) mass is 238 g/mol. The molecule has 1 aromatic rings. The molecule has 0 radical (unpaired) electrons. The van der Waals surface area contributed by atoms with Crippen molar-refractivity contribution in [1.29, 1.82) is 0 Å². The molecule has 0 aliphatic carbocycles. The maximum Gasteiger partial charge on any atom is 0.306 e. The van der Waals surface area contributed by atoms with E-state index in [0.717, 1.165) is 5.56 Å². The van der Waals surface area contributed by atoms with Crippen molar-refractivity contribution >= 4 is 5.97 Å². The van der Waals surface area contributed by atoms with Crippen molar-refractivity contribution in [2.24, 2.45) is 0 Å². The molecule has 1 aromatic carbocycles. The SMILES string of the molecule is COC(=O)CC1(C)CCOc2ccc(F)cc21. The average molecular weight is 238 g/mol. The summed E-state index contributed by atoms with van der Waals surface area (Å²) in [5.41, 5.74) is 0.331. The van der Waals surface area contributed by atoms with Gasteiger partial charge in [-0.1, -0.05) is 6.92 Å². The number of ether oxygens (including phenoxy) is 2. The Balaban J connectivity index is 2.38. The van der Waals surface area contributed by atoms with Crippen LogP contribution >= 0.6 is 0 Å². The van der Waals surface area contributed by atoms with E-state index in [1.54, 1.807) is 6.07 Å². The lowest BCUT2D eigenvalue weighted by molar-refractivity contribution is -0.142. The predicted octanol–water partition coefficient (Wildman–Crippen LogP) is 2.43. The molecule has 1 aliphatic heterocycles. The molecule has 1 heterocycles. The van der Waals surface area contributed by atoms with E-state index < -0.39 is 5.41 Å². The topological polar surface area (TPSA) is 35.5 Å². The largest absolute Gasteiger partial charge is 0.493 e. The van der Waals surface area contributed by atoms with Crippen LogP contribution in [0.25, 0.3) is 0 Å². The molecule has 1 aliphatic rings. The standard InChI is InChI=1S/C13H15FO3/c1-13(8-12(15)16-2)5-6-17-11-4-3-9(14)7-10(11)13/h3-4,7H,5-6,8H2,1-2H3. The van der Waals surface area contributed by atoms with Crippen molar-refractivity contribution < 1.29 is 18.7 Å². The van der Waals surface area contributed by atoms with Crippen molar-refractivity contribution in [3.63, 3.8) is 0 Å². The summed E-state index contributed by atoms with van der Waals surface area (Å²) in [6.07, 6.45) is 0.919. The lowest BCUT2D eigenvalue weighted by atomic mass is 9.75. The van der Waals surface area contributed by atoms with Gasteiger partial charge in [-0.05, 0) is 24.6 Å². The highest BCUT2D eigenvalue weighted by atomic mass is 19.1. The number of halogens is 1. The van der Waals surface area contributed by atoms with Gasteiger partial charge in [-0.15, -0.1) is 0 Å². The lowest BCUT2D eigenvalue weighted by Gasteiger charge is -2.34. The summed E-state index contributed by atoms with van der Waals surface area (Å²) in [7, 11) is 1.36. The van der Waals surface area contributed by atoms with Crippen LogP contribution in [-0.4, -0.2) is 19.7 Å². The lowest BCUT2D eigenvalue weighted by Crippen LogP contribution is -2.32. The molecule has 2 rings (SSSR count). The van der Waals surface area contributed by atoms with E-state index in [9.17, 15) is 9.18 Å². The quantitative estimate of drug-likeness (QED) is 0.742. The molecule has 0 fully saturated rings. The minimum atomic E-state index is -0.414. The minimum Gasteiger partial charge on any atom is -0.493 e. The highest BCUT2D eigenvalue weighted by molar-refractivity contribution is 5.71. The summed E-state index contributed by atoms with van der Waals surface area (Å²) >= 11 is 0. The fourth-order valence-corrected chi connectivity index (χ4v) is 2.20. The molecule has 0 N–H and O–H groups in total. The Hall–Kier alpha value is -1.58. The van der Waals surface area contributed by atoms with E-state index in [1.165, 1.54) is 19.2 Å². The Morgan fingerprint density at radius 1 is 1.59 bits per heavy atom. The van der Waals surface area contributed by atoms with Gasteiger partial charge in [0.2, 0.25) is 0 Å². The summed E-state index contributed by atoms with van der Waals surface area (Å²) in [5, 5.41) is 0. The first kappa shape index (κ1) is 11.9. The van der Waals surface area contributed by atoms with Gasteiger partial charge in [0, 0.05) is 11.0 Å². The van der Waals surface area contributed by atoms with Crippen LogP contribution in [0.15, 0.2) is 18.2 Å². The molecule has 0 saturated carbocycles. The summed E-state index contributed by atoms with van der Waals surface area (Å²) in [5.74, 6) is 0.0546. The molecule has 4 heteroatoms. The van der Waals surface area contributed by atoms with Gasteiger partial charge in [0.1, 0.15) is 11.6 Å². The second-order valence-electron chi connectivity index (χ2n) is 4.55. The molecule has 3 nitrogen and oxygen atoms in total. The number of rotatable bonds is 2. The fourth-order valence-electron chi connectivity index (χ4n) is 2.20. The Labute approximate surface area is 99.5 Å². The maximum atomic E-state index is 13.3. The zero-order valence-corrected chi connectivity index (χ0v) is 9.96. The molecular formula is C13H15FO3. The Bertz CT molecular complexity index is 444. The molecule has 0 amide bonds. The van der Waals surface area contributed by atoms with Crippen LogP contribution in [-0.2, 0) is 14.9 Å². The Morgan fingerprint density at radius 3 is 3.06 bits per heavy atom. The van der Waals surface area contributed by atoms with E-state index in [1.807, 2.05) is 6.92 Å². The number of methoxy groups -OCH3 is 1. The highest BCUT2D eigenvalue weighted by Crippen LogP contribution is 2.41. The number of hydrogen-bond acceptors (Lipinski definition) is 3. The third kappa shape index (κ3) is 2.25. The van der Waals surface area contributed by atoms with Crippen molar-refractivity contribution in [2.45, 2.75) is 25.2 Å². The van der Waals surface area contributed by atoms with Crippen LogP contribution in [0.1, 0.15) is 25.3 Å². The molecule has 1 unspecified atom stereocenters. The fraction of sp³-hybridized carbons (Fsp3) is 0.462. The number of carbonyl (C=O) groups is 1. The van der Waals surface area contributed by atoms with E-state index in [-0.39, 0.29) is 18.2 Å². The first-order chi connectivity index (χ1) is 8.05. The number of fused-ring (bicyclic) bond motifs is 1. The predicted molar refractivity (Wildman–Crippen MR) is 60.5 cm³/mol. The first-order valence-electron chi connectivity index (χ1n) is 5.55. The molecule has 92 valence electrons. The van der Waals surface area contributed by atoms with Crippen molar-refractivity contribution in [3.8, 4) is 5.75 Å². The van der Waals surface area contributed by atoms with Crippen LogP contribution in [0.4, 0.5) is 4.39 Å². The van der Waals surface area contributed by atoms with Gasteiger partial charge in [0.15, 0.2) is 0 Å². The zero-order valence-electron chi connectivity index (χ0n) is 9.96. The maximum absolute atomic E-state index is 13.3. The third-order valence-corrected chi connectivity index (χ3v) is 3.27. The number of benzene rings is 1. The van der Waals surface area contributed by atoms with Crippen molar-refractivity contribution in [1.82, 2.24) is 0 Å². The van der Waals surface area contributed by atoms with Crippen molar-refractivity contribution in [2.75, 3.05) is 13.7 Å². The molecule has 0 bridgehead atoms. The number of carbonyl (C=O) groups excluding carboxylic acids is 1. The van der Waals surface area contributed by atoms with Crippen LogP contribution in [0, 0.1) is 5.82 Å². The van der Waals surface area contributed by atoms with Crippen LogP contribution in [0.3, 0.4) is 0 Å². The molecular weight excluding hydrogens is 223 g/mol. The smallest absolute Gasteiger partial charge is 0.306 e. The second kappa shape index (κ2) is 4.35. The van der Waals surface area contributed by atoms with Gasteiger partial charge < -0.3 is 9.47 Å². The van der Waals surface area contributed by atoms with Gasteiger partial charge in [0.05, 0.1) is 20.1 Å². The summed E-state index contributed by atoms with van der Waals surface area (Å²) in [6, 6.07) is 4.42. The average Bonchev–Trinajstić information content (AvgIpc) is 2.30. The summed E-state index contributed by atoms with van der Waals surface area (Å²) in [4.78, 5) is 11.4. The highest BCUT2D eigenvalue weighted by Gasteiger charge is 2.36. The van der Waals surface area contributed by atoms with E-state index in [2.05, 4.69) is 4.74 Å². The van der Waals surface area contributed by atoms with Gasteiger partial charge in [-0.2, -0.15) is 0 Å². The van der Waals surface area contributed by atoms with E-state index >= 15 is 0 Å². The van der Waals surface area contributed by atoms with Crippen molar-refractivity contribution in [3.05, 3.63) is 29.6 Å².